The molecule has 0 aliphatic carbocycles. The Morgan fingerprint density at radius 2 is 1.85 bits per heavy atom. The smallest absolute Gasteiger partial charge is 0.258 e. The molecular formula is C19H21N3O4S. The summed E-state index contributed by atoms with van der Waals surface area (Å²) in [6, 6.07) is 14.7. The van der Waals surface area contributed by atoms with Gasteiger partial charge in [-0.3, -0.25) is 9.59 Å². The van der Waals surface area contributed by atoms with E-state index in [9.17, 15) is 18.0 Å². The molecule has 142 valence electrons. The Kier molecular flexibility index (Phi) is 5.29. The molecule has 1 aliphatic heterocycles. The average Bonchev–Trinajstić information content (AvgIpc) is 2.97. The van der Waals surface area contributed by atoms with Gasteiger partial charge in [0, 0.05) is 17.8 Å². The number of carbonyl (C=O) groups excluding carboxylic acids is 2. The Hall–Kier alpha value is -2.71. The van der Waals surface area contributed by atoms with Crippen LogP contribution < -0.4 is 15.4 Å². The Balaban J connectivity index is 1.65. The Morgan fingerprint density at radius 3 is 2.48 bits per heavy atom. The molecule has 0 aromatic heterocycles. The van der Waals surface area contributed by atoms with Gasteiger partial charge in [-0.15, -0.1) is 0 Å². The van der Waals surface area contributed by atoms with E-state index in [0.717, 1.165) is 16.8 Å². The molecular weight excluding hydrogens is 366 g/mol. The van der Waals surface area contributed by atoms with Gasteiger partial charge >= 0.3 is 0 Å². The zero-order chi connectivity index (χ0) is 19.6. The molecule has 8 heteroatoms. The van der Waals surface area contributed by atoms with E-state index < -0.39 is 15.9 Å². The molecule has 0 bridgehead atoms. The highest BCUT2D eigenvalue weighted by Crippen LogP contribution is 2.29. The topological polar surface area (TPSA) is 110 Å². The summed E-state index contributed by atoms with van der Waals surface area (Å²) in [6.45, 7) is 2.23. The number of primary sulfonamides is 1. The number of hydrogen-bond donors (Lipinski definition) is 2. The minimum Gasteiger partial charge on any atom is -0.355 e. The third-order valence-electron chi connectivity index (χ3n) is 4.61. The maximum Gasteiger partial charge on any atom is 0.258 e. The van der Waals surface area contributed by atoms with Crippen LogP contribution >= 0.6 is 0 Å². The Morgan fingerprint density at radius 1 is 1.19 bits per heavy atom. The predicted molar refractivity (Wildman–Crippen MR) is 103 cm³/mol. The second-order valence-corrected chi connectivity index (χ2v) is 8.25. The number of hydrogen-bond acceptors (Lipinski definition) is 4. The predicted octanol–water partition coefficient (Wildman–Crippen LogP) is 1.36. The van der Waals surface area contributed by atoms with Crippen molar-refractivity contribution < 1.29 is 18.0 Å². The molecule has 0 radical (unpaired) electrons. The van der Waals surface area contributed by atoms with E-state index in [1.165, 1.54) is 0 Å². The van der Waals surface area contributed by atoms with Crippen LogP contribution in [0.3, 0.4) is 0 Å². The minimum atomic E-state index is -3.61. The fourth-order valence-corrected chi connectivity index (χ4v) is 3.41. The number of rotatable bonds is 6. The highest BCUT2D eigenvalue weighted by molar-refractivity contribution is 7.89. The molecule has 0 fully saturated rings. The molecule has 2 aromatic carbocycles. The zero-order valence-corrected chi connectivity index (χ0v) is 15.7. The summed E-state index contributed by atoms with van der Waals surface area (Å²) in [4.78, 5) is 26.4. The van der Waals surface area contributed by atoms with Crippen molar-refractivity contribution in [3.05, 3.63) is 65.2 Å². The van der Waals surface area contributed by atoms with Crippen molar-refractivity contribution in [2.24, 2.45) is 5.14 Å². The molecule has 1 aliphatic rings. The number of carbonyl (C=O) groups is 2. The third-order valence-corrected chi connectivity index (χ3v) is 5.38. The van der Waals surface area contributed by atoms with Crippen LogP contribution in [0.15, 0.2) is 48.5 Å². The normalized spacial score (nSPS) is 14.7. The van der Waals surface area contributed by atoms with Crippen LogP contribution in [-0.2, 0) is 21.4 Å². The van der Waals surface area contributed by atoms with Crippen LogP contribution in [-0.4, -0.2) is 32.5 Å². The lowest BCUT2D eigenvalue weighted by molar-refractivity contribution is -0.122. The third kappa shape index (κ3) is 4.35. The SMILES string of the molecule is C[C@@H](C(=O)NCCS(N)(=O)=O)c1ccc(N2Cc3ccccc3C2=O)cc1. The average molecular weight is 387 g/mol. The summed E-state index contributed by atoms with van der Waals surface area (Å²) in [6.07, 6.45) is 0. The van der Waals surface area contributed by atoms with E-state index in [1.807, 2.05) is 36.4 Å². The minimum absolute atomic E-state index is 0.0272. The summed E-state index contributed by atoms with van der Waals surface area (Å²) in [7, 11) is -3.61. The summed E-state index contributed by atoms with van der Waals surface area (Å²) in [5.74, 6) is -1.07. The van der Waals surface area contributed by atoms with Gasteiger partial charge in [-0.25, -0.2) is 13.6 Å². The van der Waals surface area contributed by atoms with Gasteiger partial charge in [0.05, 0.1) is 18.2 Å². The van der Waals surface area contributed by atoms with Crippen molar-refractivity contribution in [2.45, 2.75) is 19.4 Å². The number of amides is 2. The Labute approximate surface area is 158 Å². The van der Waals surface area contributed by atoms with E-state index in [-0.39, 0.29) is 24.1 Å². The highest BCUT2D eigenvalue weighted by Gasteiger charge is 2.28. The fraction of sp³-hybridized carbons (Fsp3) is 0.263. The highest BCUT2D eigenvalue weighted by atomic mass is 32.2. The van der Waals surface area contributed by atoms with Crippen molar-refractivity contribution in [2.75, 3.05) is 17.2 Å². The van der Waals surface area contributed by atoms with Gasteiger partial charge in [-0.1, -0.05) is 30.3 Å². The molecule has 0 unspecified atom stereocenters. The van der Waals surface area contributed by atoms with E-state index >= 15 is 0 Å². The lowest BCUT2D eigenvalue weighted by atomic mass is 10.00. The van der Waals surface area contributed by atoms with E-state index in [2.05, 4.69) is 5.32 Å². The zero-order valence-electron chi connectivity index (χ0n) is 14.9. The van der Waals surface area contributed by atoms with Gasteiger partial charge in [0.2, 0.25) is 15.9 Å². The van der Waals surface area contributed by atoms with Crippen LogP contribution in [0.4, 0.5) is 5.69 Å². The molecule has 1 heterocycles. The first-order chi connectivity index (χ1) is 12.8. The molecule has 1 atom stereocenters. The lowest BCUT2D eigenvalue weighted by Crippen LogP contribution is -2.34. The molecule has 0 saturated heterocycles. The van der Waals surface area contributed by atoms with Crippen molar-refractivity contribution >= 4 is 27.5 Å². The van der Waals surface area contributed by atoms with E-state index in [4.69, 9.17) is 5.14 Å². The largest absolute Gasteiger partial charge is 0.355 e. The molecule has 0 spiro atoms. The van der Waals surface area contributed by atoms with Crippen LogP contribution in [0.2, 0.25) is 0 Å². The molecule has 3 rings (SSSR count). The standard InChI is InChI=1S/C19H21N3O4S/c1-13(18(23)21-10-11-27(20,25)26)14-6-8-16(9-7-14)22-12-15-4-2-3-5-17(15)19(22)24/h2-9,13H,10-12H2,1H3,(H,21,23)(H2,20,25,26)/t13-/m1/s1. The van der Waals surface area contributed by atoms with E-state index in [1.54, 1.807) is 24.0 Å². The van der Waals surface area contributed by atoms with Crippen LogP contribution in [0, 0.1) is 0 Å². The number of nitrogens with one attached hydrogen (secondary N) is 1. The summed E-state index contributed by atoms with van der Waals surface area (Å²) in [5, 5.41) is 7.48. The molecule has 2 amide bonds. The monoisotopic (exact) mass is 387 g/mol. The summed E-state index contributed by atoms with van der Waals surface area (Å²) >= 11 is 0. The van der Waals surface area contributed by atoms with Crippen LogP contribution in [0.5, 0.6) is 0 Å². The maximum atomic E-state index is 12.5. The van der Waals surface area contributed by atoms with Gasteiger partial charge < -0.3 is 10.2 Å². The van der Waals surface area contributed by atoms with Crippen molar-refractivity contribution in [3.8, 4) is 0 Å². The second kappa shape index (κ2) is 7.50. The number of nitrogens with two attached hydrogens (primary N) is 1. The van der Waals surface area contributed by atoms with Crippen molar-refractivity contribution in [1.29, 1.82) is 0 Å². The summed E-state index contributed by atoms with van der Waals surface area (Å²) in [5.41, 5.74) is 3.25. The van der Waals surface area contributed by atoms with Gasteiger partial charge in [-0.05, 0) is 36.2 Å². The van der Waals surface area contributed by atoms with Crippen molar-refractivity contribution in [3.63, 3.8) is 0 Å². The number of anilines is 1. The van der Waals surface area contributed by atoms with Gasteiger partial charge in [0.1, 0.15) is 0 Å². The number of benzene rings is 2. The van der Waals surface area contributed by atoms with Crippen molar-refractivity contribution in [1.82, 2.24) is 5.32 Å². The Bertz CT molecular complexity index is 971. The first-order valence-corrected chi connectivity index (χ1v) is 10.3. The van der Waals surface area contributed by atoms with Gasteiger partial charge in [0.15, 0.2) is 0 Å². The van der Waals surface area contributed by atoms with Gasteiger partial charge in [0.25, 0.3) is 5.91 Å². The van der Waals surface area contributed by atoms with Crippen LogP contribution in [0.25, 0.3) is 0 Å². The maximum absolute atomic E-state index is 12.5. The van der Waals surface area contributed by atoms with E-state index in [0.29, 0.717) is 12.1 Å². The van der Waals surface area contributed by atoms with Gasteiger partial charge in [-0.2, -0.15) is 0 Å². The second-order valence-electron chi connectivity index (χ2n) is 6.52. The number of fused-ring (bicyclic) bond motifs is 1. The molecule has 3 N–H and O–H groups in total. The first-order valence-electron chi connectivity index (χ1n) is 8.54. The molecule has 27 heavy (non-hydrogen) atoms. The molecule has 7 nitrogen and oxygen atoms in total. The fourth-order valence-electron chi connectivity index (χ4n) is 3.03. The summed E-state index contributed by atoms with van der Waals surface area (Å²) < 4.78 is 21.8. The molecule has 0 saturated carbocycles. The first kappa shape index (κ1) is 19.1. The quantitative estimate of drug-likeness (QED) is 0.780. The van der Waals surface area contributed by atoms with Crippen LogP contribution in [0.1, 0.15) is 34.3 Å². The number of sulfonamides is 1. The number of nitrogens with zero attached hydrogens (tertiary/aromatic N) is 1. The molecule has 2 aromatic rings. The lowest BCUT2D eigenvalue weighted by Gasteiger charge is -2.18.